The monoisotopic (exact) mass is 170 g/mol. The number of aromatic nitrogens is 1. The van der Waals surface area contributed by atoms with Gasteiger partial charge in [0.25, 0.3) is 0 Å². The van der Waals surface area contributed by atoms with Gasteiger partial charge in [-0.1, -0.05) is 0 Å². The standard InChI is InChI=1S/C6H6N2O4/c9-6(10)4-7-3-1-2-5(7)8(11)12/h1-3H,4H2,(H,9,10). The summed E-state index contributed by atoms with van der Waals surface area (Å²) in [6.45, 7) is -0.386. The molecule has 1 aromatic heterocycles. The first kappa shape index (κ1) is 8.25. The van der Waals surface area contributed by atoms with Crippen LogP contribution in [0.25, 0.3) is 0 Å². The van der Waals surface area contributed by atoms with Crippen molar-refractivity contribution in [2.75, 3.05) is 0 Å². The summed E-state index contributed by atoms with van der Waals surface area (Å²) in [5, 5.41) is 18.6. The van der Waals surface area contributed by atoms with Crippen molar-refractivity contribution in [1.29, 1.82) is 0 Å². The minimum absolute atomic E-state index is 0.211. The van der Waals surface area contributed by atoms with E-state index in [1.165, 1.54) is 18.3 Å². The van der Waals surface area contributed by atoms with E-state index in [1.807, 2.05) is 0 Å². The number of hydrogen-bond donors (Lipinski definition) is 1. The lowest BCUT2D eigenvalue weighted by Gasteiger charge is -1.96. The fraction of sp³-hybridized carbons (Fsp3) is 0.167. The maximum absolute atomic E-state index is 10.3. The highest BCUT2D eigenvalue weighted by atomic mass is 16.6. The van der Waals surface area contributed by atoms with Crippen LogP contribution in [0.15, 0.2) is 18.3 Å². The third-order valence-electron chi connectivity index (χ3n) is 1.30. The lowest BCUT2D eigenvalue weighted by atomic mass is 10.6. The van der Waals surface area contributed by atoms with E-state index in [0.29, 0.717) is 0 Å². The Hall–Kier alpha value is -1.85. The smallest absolute Gasteiger partial charge is 0.346 e. The van der Waals surface area contributed by atoms with E-state index in [-0.39, 0.29) is 12.4 Å². The Bertz CT molecular complexity index is 317. The molecule has 0 saturated carbocycles. The van der Waals surface area contributed by atoms with Crippen LogP contribution < -0.4 is 0 Å². The number of carboxylic acid groups (broad SMARTS) is 1. The summed E-state index contributed by atoms with van der Waals surface area (Å²) < 4.78 is 1.06. The largest absolute Gasteiger partial charge is 0.478 e. The first-order chi connectivity index (χ1) is 5.61. The van der Waals surface area contributed by atoms with Crippen molar-refractivity contribution in [1.82, 2.24) is 4.57 Å². The van der Waals surface area contributed by atoms with E-state index >= 15 is 0 Å². The molecule has 0 aliphatic rings. The van der Waals surface area contributed by atoms with E-state index in [4.69, 9.17) is 5.11 Å². The van der Waals surface area contributed by atoms with Gasteiger partial charge in [-0.2, -0.15) is 0 Å². The molecule has 0 bridgehead atoms. The van der Waals surface area contributed by atoms with Gasteiger partial charge in [0.2, 0.25) is 0 Å². The summed E-state index contributed by atoms with van der Waals surface area (Å²) in [5.74, 6) is -1.31. The number of nitrogens with zero attached hydrogens (tertiary/aromatic N) is 2. The summed E-state index contributed by atoms with van der Waals surface area (Å²) in [7, 11) is 0. The molecular formula is C6H6N2O4. The van der Waals surface area contributed by atoms with Crippen LogP contribution in [-0.2, 0) is 11.3 Å². The fourth-order valence-electron chi connectivity index (χ4n) is 0.850. The molecule has 12 heavy (non-hydrogen) atoms. The van der Waals surface area contributed by atoms with Crippen LogP contribution in [0, 0.1) is 10.1 Å². The molecule has 0 aromatic carbocycles. The SMILES string of the molecule is O=C(O)Cn1cccc1[N+](=O)[O-]. The second-order valence-corrected chi connectivity index (χ2v) is 2.15. The second kappa shape index (κ2) is 3.04. The molecule has 0 unspecified atom stereocenters. The molecular weight excluding hydrogens is 164 g/mol. The molecule has 0 radical (unpaired) electrons. The van der Waals surface area contributed by atoms with Crippen LogP contribution in [0.2, 0.25) is 0 Å². The van der Waals surface area contributed by atoms with Gasteiger partial charge in [0, 0.05) is 6.07 Å². The number of rotatable bonds is 3. The maximum Gasteiger partial charge on any atom is 0.346 e. The number of carbonyl (C=O) groups is 1. The van der Waals surface area contributed by atoms with Crippen molar-refractivity contribution in [3.05, 3.63) is 28.4 Å². The fourth-order valence-corrected chi connectivity index (χ4v) is 0.850. The lowest BCUT2D eigenvalue weighted by Crippen LogP contribution is -2.09. The van der Waals surface area contributed by atoms with Gasteiger partial charge in [-0.3, -0.25) is 0 Å². The highest BCUT2D eigenvalue weighted by Gasteiger charge is 2.13. The molecule has 0 aliphatic carbocycles. The van der Waals surface area contributed by atoms with E-state index in [9.17, 15) is 14.9 Å². The van der Waals surface area contributed by atoms with E-state index < -0.39 is 10.9 Å². The summed E-state index contributed by atoms with van der Waals surface area (Å²) in [4.78, 5) is 19.8. The topological polar surface area (TPSA) is 85.4 Å². The van der Waals surface area contributed by atoms with E-state index in [0.717, 1.165) is 4.57 Å². The van der Waals surface area contributed by atoms with Crippen LogP contribution in [0.1, 0.15) is 0 Å². The Morgan fingerprint density at radius 2 is 2.42 bits per heavy atom. The Balaban J connectivity index is 2.91. The number of hydrogen-bond acceptors (Lipinski definition) is 3. The highest BCUT2D eigenvalue weighted by molar-refractivity contribution is 5.67. The predicted octanol–water partition coefficient (Wildman–Crippen LogP) is 0.481. The molecule has 0 saturated heterocycles. The van der Waals surface area contributed by atoms with Crippen molar-refractivity contribution >= 4 is 11.8 Å². The molecule has 1 rings (SSSR count). The number of aliphatic carboxylic acids is 1. The number of nitro groups is 1. The van der Waals surface area contributed by atoms with Crippen molar-refractivity contribution in [2.24, 2.45) is 0 Å². The second-order valence-electron chi connectivity index (χ2n) is 2.15. The van der Waals surface area contributed by atoms with Gasteiger partial charge in [0.05, 0.1) is 6.20 Å². The summed E-state index contributed by atoms with van der Waals surface area (Å²) in [6, 6.07) is 2.68. The molecule has 1 N–H and O–H groups in total. The lowest BCUT2D eigenvalue weighted by molar-refractivity contribution is -0.392. The molecule has 0 spiro atoms. The maximum atomic E-state index is 10.3. The van der Waals surface area contributed by atoms with Gasteiger partial charge in [-0.05, 0) is 11.0 Å². The van der Waals surface area contributed by atoms with Gasteiger partial charge in [0.1, 0.15) is 0 Å². The first-order valence-electron chi connectivity index (χ1n) is 3.12. The van der Waals surface area contributed by atoms with Crippen molar-refractivity contribution in [3.63, 3.8) is 0 Å². The summed E-state index contributed by atoms with van der Waals surface area (Å²) >= 11 is 0. The Labute approximate surface area is 67.2 Å². The third kappa shape index (κ3) is 1.60. The summed E-state index contributed by atoms with van der Waals surface area (Å²) in [6.07, 6.45) is 1.35. The zero-order chi connectivity index (χ0) is 9.14. The minimum Gasteiger partial charge on any atom is -0.478 e. The zero-order valence-corrected chi connectivity index (χ0v) is 6.01. The van der Waals surface area contributed by atoms with Crippen LogP contribution in [0.5, 0.6) is 0 Å². The Kier molecular flexibility index (Phi) is 2.09. The number of carboxylic acids is 1. The Morgan fingerprint density at radius 1 is 1.75 bits per heavy atom. The Morgan fingerprint density at radius 3 is 2.92 bits per heavy atom. The van der Waals surface area contributed by atoms with Gasteiger partial charge in [-0.25, -0.2) is 9.36 Å². The zero-order valence-electron chi connectivity index (χ0n) is 6.01. The minimum atomic E-state index is -1.10. The van der Waals surface area contributed by atoms with Crippen molar-refractivity contribution in [3.8, 4) is 0 Å². The van der Waals surface area contributed by atoms with Crippen LogP contribution >= 0.6 is 0 Å². The third-order valence-corrected chi connectivity index (χ3v) is 1.30. The van der Waals surface area contributed by atoms with Crippen LogP contribution in [0.4, 0.5) is 5.82 Å². The van der Waals surface area contributed by atoms with Gasteiger partial charge >= 0.3 is 11.8 Å². The molecule has 0 atom stereocenters. The molecule has 0 aliphatic heterocycles. The molecule has 64 valence electrons. The quantitative estimate of drug-likeness (QED) is 0.528. The molecule has 1 aromatic rings. The van der Waals surface area contributed by atoms with Gasteiger partial charge in [-0.15, -0.1) is 0 Å². The highest BCUT2D eigenvalue weighted by Crippen LogP contribution is 2.10. The average molecular weight is 170 g/mol. The molecule has 1 heterocycles. The predicted molar refractivity (Wildman–Crippen MR) is 38.7 cm³/mol. The van der Waals surface area contributed by atoms with Crippen molar-refractivity contribution in [2.45, 2.75) is 6.54 Å². The summed E-state index contributed by atoms with van der Waals surface area (Å²) in [5.41, 5.74) is 0. The molecule has 0 fully saturated rings. The van der Waals surface area contributed by atoms with Crippen molar-refractivity contribution < 1.29 is 14.8 Å². The average Bonchev–Trinajstić information content (AvgIpc) is 2.33. The van der Waals surface area contributed by atoms with Gasteiger partial charge in [0.15, 0.2) is 6.54 Å². The first-order valence-corrected chi connectivity index (χ1v) is 3.12. The van der Waals surface area contributed by atoms with E-state index in [1.54, 1.807) is 0 Å². The van der Waals surface area contributed by atoms with E-state index in [2.05, 4.69) is 0 Å². The molecule has 6 heteroatoms. The molecule has 6 nitrogen and oxygen atoms in total. The van der Waals surface area contributed by atoms with Crippen LogP contribution in [0.3, 0.4) is 0 Å². The normalized spacial score (nSPS) is 9.67. The van der Waals surface area contributed by atoms with Gasteiger partial charge < -0.3 is 15.2 Å². The molecule has 0 amide bonds. The van der Waals surface area contributed by atoms with Crippen LogP contribution in [-0.4, -0.2) is 20.6 Å².